The maximum atomic E-state index is 12.5. The highest BCUT2D eigenvalue weighted by molar-refractivity contribution is 5.97. The second kappa shape index (κ2) is 8.47. The van der Waals surface area contributed by atoms with Crippen LogP contribution in [0.15, 0.2) is 54.6 Å². The van der Waals surface area contributed by atoms with E-state index in [2.05, 4.69) is 5.32 Å². The van der Waals surface area contributed by atoms with Crippen molar-refractivity contribution in [2.45, 2.75) is 26.3 Å². The largest absolute Gasteiger partial charge is 0.347 e. The van der Waals surface area contributed by atoms with E-state index in [1.807, 2.05) is 56.3 Å². The summed E-state index contributed by atoms with van der Waals surface area (Å²) in [5.74, 6) is 0.0121. The fourth-order valence-electron chi connectivity index (χ4n) is 2.69. The van der Waals surface area contributed by atoms with E-state index in [0.29, 0.717) is 17.9 Å². The highest BCUT2D eigenvalue weighted by Crippen LogP contribution is 2.19. The van der Waals surface area contributed by atoms with Gasteiger partial charge >= 0.3 is 0 Å². The van der Waals surface area contributed by atoms with Gasteiger partial charge in [-0.2, -0.15) is 0 Å². The van der Waals surface area contributed by atoms with Crippen molar-refractivity contribution in [1.82, 2.24) is 10.2 Å². The van der Waals surface area contributed by atoms with Gasteiger partial charge in [0.2, 0.25) is 5.91 Å². The Morgan fingerprint density at radius 2 is 1.48 bits per heavy atom. The Bertz CT molecular complexity index is 706. The van der Waals surface area contributed by atoms with Crippen LogP contribution < -0.4 is 5.32 Å². The van der Waals surface area contributed by atoms with Crippen LogP contribution >= 0.6 is 0 Å². The lowest BCUT2D eigenvalue weighted by Gasteiger charge is -2.23. The molecule has 2 aromatic carbocycles. The number of likely N-dealkylation sites (N-methyl/N-ethyl adjacent to an activating group) is 1. The Morgan fingerprint density at radius 1 is 0.920 bits per heavy atom. The zero-order chi connectivity index (χ0) is 18.4. The summed E-state index contributed by atoms with van der Waals surface area (Å²) in [5, 5.41) is 2.87. The van der Waals surface area contributed by atoms with Crippen LogP contribution in [0.25, 0.3) is 11.1 Å². The van der Waals surface area contributed by atoms with Gasteiger partial charge in [-0.15, -0.1) is 0 Å². The molecule has 2 aromatic rings. The normalized spacial score (nSPS) is 11.9. The van der Waals surface area contributed by atoms with Crippen LogP contribution in [0.3, 0.4) is 0 Å². The van der Waals surface area contributed by atoms with Crippen LogP contribution in [-0.2, 0) is 4.79 Å². The third kappa shape index (κ3) is 5.18. The Kier molecular flexibility index (Phi) is 6.34. The van der Waals surface area contributed by atoms with Crippen molar-refractivity contribution in [3.63, 3.8) is 0 Å². The van der Waals surface area contributed by atoms with Crippen LogP contribution in [0.2, 0.25) is 0 Å². The molecule has 2 amide bonds. The molecule has 1 atom stereocenters. The molecule has 0 unspecified atom stereocenters. The quantitative estimate of drug-likeness (QED) is 0.875. The van der Waals surface area contributed by atoms with E-state index in [0.717, 1.165) is 11.1 Å². The van der Waals surface area contributed by atoms with Gasteiger partial charge in [-0.05, 0) is 35.6 Å². The zero-order valence-electron chi connectivity index (χ0n) is 15.3. The standard InChI is InChI=1S/C21H26N2O2/c1-15(2)14-19(21(25)23(3)4)22-20(24)18-12-10-17(11-13-18)16-8-6-5-7-9-16/h5-13,15,19H,14H2,1-4H3,(H,22,24)/t19-/m1/s1. The van der Waals surface area contributed by atoms with E-state index in [1.54, 1.807) is 26.2 Å². The molecule has 25 heavy (non-hydrogen) atoms. The van der Waals surface area contributed by atoms with Crippen molar-refractivity contribution in [1.29, 1.82) is 0 Å². The fourth-order valence-corrected chi connectivity index (χ4v) is 2.69. The number of benzene rings is 2. The van der Waals surface area contributed by atoms with Crippen molar-refractivity contribution in [3.8, 4) is 11.1 Å². The lowest BCUT2D eigenvalue weighted by atomic mass is 10.0. The van der Waals surface area contributed by atoms with Gasteiger partial charge in [-0.25, -0.2) is 0 Å². The summed E-state index contributed by atoms with van der Waals surface area (Å²) < 4.78 is 0. The Balaban J connectivity index is 2.12. The fraction of sp³-hybridized carbons (Fsp3) is 0.333. The Morgan fingerprint density at radius 3 is 2.00 bits per heavy atom. The first-order chi connectivity index (χ1) is 11.9. The monoisotopic (exact) mass is 338 g/mol. The number of nitrogens with one attached hydrogen (secondary N) is 1. The number of nitrogens with zero attached hydrogens (tertiary/aromatic N) is 1. The highest BCUT2D eigenvalue weighted by Gasteiger charge is 2.23. The first kappa shape index (κ1) is 18.7. The molecule has 4 heteroatoms. The summed E-state index contributed by atoms with van der Waals surface area (Å²) in [6.45, 7) is 4.08. The minimum atomic E-state index is -0.503. The number of rotatable bonds is 6. The zero-order valence-corrected chi connectivity index (χ0v) is 15.3. The molecule has 0 aromatic heterocycles. The number of carbonyl (C=O) groups is 2. The summed E-state index contributed by atoms with van der Waals surface area (Å²) in [5.41, 5.74) is 2.72. The lowest BCUT2D eigenvalue weighted by molar-refractivity contribution is -0.131. The molecule has 0 saturated carbocycles. The Labute approximate surface area is 149 Å². The first-order valence-corrected chi connectivity index (χ1v) is 8.56. The molecule has 0 spiro atoms. The average molecular weight is 338 g/mol. The molecule has 0 fully saturated rings. The Hall–Kier alpha value is -2.62. The van der Waals surface area contributed by atoms with Gasteiger partial charge in [0.15, 0.2) is 0 Å². The van der Waals surface area contributed by atoms with E-state index in [-0.39, 0.29) is 11.8 Å². The molecular weight excluding hydrogens is 312 g/mol. The van der Waals surface area contributed by atoms with Gasteiger partial charge in [-0.1, -0.05) is 56.3 Å². The minimum absolute atomic E-state index is 0.0806. The smallest absolute Gasteiger partial charge is 0.251 e. The van der Waals surface area contributed by atoms with Crippen LogP contribution in [0.1, 0.15) is 30.6 Å². The molecule has 0 saturated heterocycles. The summed E-state index contributed by atoms with van der Waals surface area (Å²) in [7, 11) is 3.41. The van der Waals surface area contributed by atoms with Gasteiger partial charge in [0.25, 0.3) is 5.91 Å². The number of amides is 2. The van der Waals surface area contributed by atoms with Crippen LogP contribution in [-0.4, -0.2) is 36.9 Å². The molecule has 0 aliphatic heterocycles. The molecule has 2 rings (SSSR count). The predicted molar refractivity (Wildman–Crippen MR) is 101 cm³/mol. The second-order valence-corrected chi connectivity index (χ2v) is 6.83. The van der Waals surface area contributed by atoms with Gasteiger partial charge < -0.3 is 10.2 Å². The maximum Gasteiger partial charge on any atom is 0.251 e. The molecule has 0 aliphatic carbocycles. The molecule has 1 N–H and O–H groups in total. The lowest BCUT2D eigenvalue weighted by Crippen LogP contribution is -2.46. The summed E-state index contributed by atoms with van der Waals surface area (Å²) in [6.07, 6.45) is 0.616. The van der Waals surface area contributed by atoms with Gasteiger partial charge in [0.05, 0.1) is 0 Å². The van der Waals surface area contributed by atoms with Gasteiger partial charge in [-0.3, -0.25) is 9.59 Å². The highest BCUT2D eigenvalue weighted by atomic mass is 16.2. The average Bonchev–Trinajstić information content (AvgIpc) is 2.61. The summed E-state index contributed by atoms with van der Waals surface area (Å²) in [4.78, 5) is 26.3. The van der Waals surface area contributed by atoms with E-state index in [9.17, 15) is 9.59 Å². The van der Waals surface area contributed by atoms with Crippen LogP contribution in [0.5, 0.6) is 0 Å². The van der Waals surface area contributed by atoms with Gasteiger partial charge in [0.1, 0.15) is 6.04 Å². The van der Waals surface area contributed by atoms with E-state index in [4.69, 9.17) is 0 Å². The predicted octanol–water partition coefficient (Wildman–Crippen LogP) is 3.59. The third-order valence-corrected chi connectivity index (χ3v) is 4.01. The molecule has 132 valence electrons. The van der Waals surface area contributed by atoms with Gasteiger partial charge in [0, 0.05) is 19.7 Å². The second-order valence-electron chi connectivity index (χ2n) is 6.83. The van der Waals surface area contributed by atoms with Crippen molar-refractivity contribution in [2.24, 2.45) is 5.92 Å². The minimum Gasteiger partial charge on any atom is -0.347 e. The summed E-state index contributed by atoms with van der Waals surface area (Å²) in [6, 6.07) is 16.9. The summed E-state index contributed by atoms with van der Waals surface area (Å²) >= 11 is 0. The van der Waals surface area contributed by atoms with Crippen molar-refractivity contribution in [2.75, 3.05) is 14.1 Å². The third-order valence-electron chi connectivity index (χ3n) is 4.01. The van der Waals surface area contributed by atoms with Crippen molar-refractivity contribution < 1.29 is 9.59 Å². The number of hydrogen-bond acceptors (Lipinski definition) is 2. The molecular formula is C21H26N2O2. The SMILES string of the molecule is CC(C)C[C@@H](NC(=O)c1ccc(-c2ccccc2)cc1)C(=O)N(C)C. The number of hydrogen-bond donors (Lipinski definition) is 1. The van der Waals surface area contributed by atoms with E-state index >= 15 is 0 Å². The van der Waals surface area contributed by atoms with E-state index in [1.165, 1.54) is 4.90 Å². The first-order valence-electron chi connectivity index (χ1n) is 8.56. The van der Waals surface area contributed by atoms with Crippen molar-refractivity contribution in [3.05, 3.63) is 60.2 Å². The molecule has 0 heterocycles. The van der Waals surface area contributed by atoms with Crippen molar-refractivity contribution >= 4 is 11.8 Å². The molecule has 0 aliphatic rings. The van der Waals surface area contributed by atoms with E-state index < -0.39 is 6.04 Å². The number of carbonyl (C=O) groups excluding carboxylic acids is 2. The van der Waals surface area contributed by atoms with Crippen LogP contribution in [0.4, 0.5) is 0 Å². The molecule has 4 nitrogen and oxygen atoms in total. The molecule has 0 radical (unpaired) electrons. The van der Waals surface area contributed by atoms with Crippen LogP contribution in [0, 0.1) is 5.92 Å². The maximum absolute atomic E-state index is 12.5. The molecule has 0 bridgehead atoms. The topological polar surface area (TPSA) is 49.4 Å².